The number of thiocarbonyl (C=S) groups is 1. The third-order valence-electron chi connectivity index (χ3n) is 5.96. The predicted molar refractivity (Wildman–Crippen MR) is 123 cm³/mol. The molecule has 2 atom stereocenters. The first-order chi connectivity index (χ1) is 14.8. The smallest absolute Gasteiger partial charge is 0.170 e. The second kappa shape index (κ2) is 8.82. The van der Waals surface area contributed by atoms with Gasteiger partial charge in [-0.25, -0.2) is 0 Å². The summed E-state index contributed by atoms with van der Waals surface area (Å²) in [5.41, 5.74) is 0.997. The Hall–Kier alpha value is -2.31. The van der Waals surface area contributed by atoms with Gasteiger partial charge in [0.1, 0.15) is 11.8 Å². The molecular formula is C24H25N3OS2. The molecule has 0 spiro atoms. The predicted octanol–water partition coefficient (Wildman–Crippen LogP) is 6.13. The van der Waals surface area contributed by atoms with Gasteiger partial charge in [0.05, 0.1) is 11.7 Å². The number of benzene rings is 1. The number of hydrogen-bond donors (Lipinski definition) is 1. The van der Waals surface area contributed by atoms with E-state index in [1.54, 1.807) is 11.8 Å². The summed E-state index contributed by atoms with van der Waals surface area (Å²) < 4.78 is 6.39. The first-order valence-electron chi connectivity index (χ1n) is 10.6. The molecule has 0 bridgehead atoms. The molecular weight excluding hydrogens is 410 g/mol. The number of pyridine rings is 1. The van der Waals surface area contributed by atoms with Gasteiger partial charge >= 0.3 is 0 Å². The van der Waals surface area contributed by atoms with E-state index in [-0.39, 0.29) is 12.1 Å². The molecule has 2 aromatic heterocycles. The van der Waals surface area contributed by atoms with Crippen molar-refractivity contribution < 1.29 is 4.42 Å². The lowest BCUT2D eigenvalue weighted by atomic mass is 9.92. The van der Waals surface area contributed by atoms with Crippen molar-refractivity contribution in [2.24, 2.45) is 0 Å². The van der Waals surface area contributed by atoms with E-state index in [1.165, 1.54) is 37.0 Å². The van der Waals surface area contributed by atoms with Crippen molar-refractivity contribution in [3.8, 4) is 0 Å². The van der Waals surface area contributed by atoms with Gasteiger partial charge < -0.3 is 14.6 Å². The summed E-state index contributed by atoms with van der Waals surface area (Å²) in [7, 11) is 0. The van der Waals surface area contributed by atoms with Crippen LogP contribution in [0.1, 0.15) is 55.6 Å². The van der Waals surface area contributed by atoms with Crippen LogP contribution in [0.25, 0.3) is 0 Å². The van der Waals surface area contributed by atoms with Gasteiger partial charge in [-0.1, -0.05) is 55.3 Å². The molecule has 1 saturated carbocycles. The summed E-state index contributed by atoms with van der Waals surface area (Å²) in [6.07, 6.45) is 8.05. The number of hydrogen-bond acceptors (Lipinski definition) is 4. The fraction of sp³-hybridized carbons (Fsp3) is 0.333. The Kier molecular flexibility index (Phi) is 5.77. The molecule has 0 unspecified atom stereocenters. The molecule has 6 heteroatoms. The van der Waals surface area contributed by atoms with E-state index < -0.39 is 0 Å². The minimum absolute atomic E-state index is 0.0126. The number of aromatic nitrogens is 1. The lowest BCUT2D eigenvalue weighted by molar-refractivity contribution is 0.174. The van der Waals surface area contributed by atoms with Crippen LogP contribution in [-0.4, -0.2) is 21.0 Å². The van der Waals surface area contributed by atoms with Gasteiger partial charge in [0.15, 0.2) is 10.2 Å². The molecule has 5 rings (SSSR count). The van der Waals surface area contributed by atoms with Crippen molar-refractivity contribution in [2.75, 3.05) is 0 Å². The Morgan fingerprint density at radius 1 is 0.967 bits per heavy atom. The Morgan fingerprint density at radius 2 is 1.77 bits per heavy atom. The number of nitrogens with one attached hydrogen (secondary N) is 1. The van der Waals surface area contributed by atoms with Crippen LogP contribution >= 0.6 is 24.0 Å². The average molecular weight is 436 g/mol. The molecule has 3 heterocycles. The van der Waals surface area contributed by atoms with Crippen LogP contribution in [0.4, 0.5) is 0 Å². The molecule has 1 aromatic carbocycles. The monoisotopic (exact) mass is 435 g/mol. The highest BCUT2D eigenvalue weighted by atomic mass is 32.2. The summed E-state index contributed by atoms with van der Waals surface area (Å²) in [5.74, 6) is 0.946. The van der Waals surface area contributed by atoms with Crippen molar-refractivity contribution in [3.63, 3.8) is 0 Å². The summed E-state index contributed by atoms with van der Waals surface area (Å²) in [6, 6.07) is 21.0. The van der Waals surface area contributed by atoms with Crippen LogP contribution in [0.3, 0.4) is 0 Å². The molecule has 4 nitrogen and oxygen atoms in total. The molecule has 1 aliphatic heterocycles. The van der Waals surface area contributed by atoms with Crippen LogP contribution in [0.2, 0.25) is 0 Å². The van der Waals surface area contributed by atoms with Crippen LogP contribution < -0.4 is 5.32 Å². The van der Waals surface area contributed by atoms with Gasteiger partial charge in [0.25, 0.3) is 0 Å². The number of furan rings is 1. The first kappa shape index (κ1) is 19.6. The second-order valence-electron chi connectivity index (χ2n) is 7.90. The lowest BCUT2D eigenvalue weighted by Gasteiger charge is -2.36. The van der Waals surface area contributed by atoms with Gasteiger partial charge in [-0.2, -0.15) is 0 Å². The normalized spacial score (nSPS) is 22.3. The van der Waals surface area contributed by atoms with E-state index >= 15 is 0 Å². The molecule has 2 fully saturated rings. The van der Waals surface area contributed by atoms with E-state index in [9.17, 15) is 0 Å². The van der Waals surface area contributed by atoms with Crippen molar-refractivity contribution in [2.45, 2.75) is 60.2 Å². The second-order valence-corrected chi connectivity index (χ2v) is 9.36. The molecule has 0 radical (unpaired) electrons. The Morgan fingerprint density at radius 3 is 2.53 bits per heavy atom. The number of nitrogens with zero attached hydrogens (tertiary/aromatic N) is 2. The van der Waals surface area contributed by atoms with Crippen molar-refractivity contribution in [1.82, 2.24) is 15.2 Å². The minimum atomic E-state index is -0.0126. The van der Waals surface area contributed by atoms with E-state index in [0.717, 1.165) is 21.7 Å². The highest BCUT2D eigenvalue weighted by Crippen LogP contribution is 2.44. The molecule has 154 valence electrons. The molecule has 1 saturated heterocycles. The molecule has 30 heavy (non-hydrogen) atoms. The maximum absolute atomic E-state index is 6.39. The van der Waals surface area contributed by atoms with Crippen LogP contribution in [0.5, 0.6) is 0 Å². The molecule has 1 aliphatic carbocycles. The SMILES string of the molecule is S=C1N[C@@H](c2ccccn2)[C@H](c2ccc(Sc3ccccc3)o2)N1C1CCCCC1. The van der Waals surface area contributed by atoms with Crippen molar-refractivity contribution in [3.05, 3.63) is 78.3 Å². The van der Waals surface area contributed by atoms with Gasteiger partial charge in [-0.05, 0) is 61.5 Å². The Bertz CT molecular complexity index is 986. The van der Waals surface area contributed by atoms with Gasteiger partial charge in [-0.3, -0.25) is 4.98 Å². The van der Waals surface area contributed by atoms with Crippen molar-refractivity contribution in [1.29, 1.82) is 0 Å². The third kappa shape index (κ3) is 3.98. The van der Waals surface area contributed by atoms with Crippen LogP contribution in [0.15, 0.2) is 81.3 Å². The largest absolute Gasteiger partial charge is 0.452 e. The molecule has 3 aromatic rings. The zero-order chi connectivity index (χ0) is 20.3. The fourth-order valence-corrected chi connectivity index (χ4v) is 5.76. The van der Waals surface area contributed by atoms with Gasteiger partial charge in [0, 0.05) is 17.1 Å². The lowest BCUT2D eigenvalue weighted by Crippen LogP contribution is -2.40. The van der Waals surface area contributed by atoms with E-state index in [0.29, 0.717) is 6.04 Å². The summed E-state index contributed by atoms with van der Waals surface area (Å²) >= 11 is 7.48. The van der Waals surface area contributed by atoms with Crippen molar-refractivity contribution >= 4 is 29.1 Å². The maximum Gasteiger partial charge on any atom is 0.170 e. The maximum atomic E-state index is 6.39. The Labute approximate surface area is 187 Å². The van der Waals surface area contributed by atoms with E-state index in [2.05, 4.69) is 45.5 Å². The minimum Gasteiger partial charge on any atom is -0.452 e. The zero-order valence-electron chi connectivity index (χ0n) is 16.7. The Balaban J connectivity index is 1.48. The van der Waals surface area contributed by atoms with Crippen LogP contribution in [-0.2, 0) is 0 Å². The quantitative estimate of drug-likeness (QED) is 0.486. The molecule has 2 aliphatic rings. The van der Waals surface area contributed by atoms with E-state index in [1.807, 2.05) is 36.5 Å². The van der Waals surface area contributed by atoms with Gasteiger partial charge in [0.2, 0.25) is 0 Å². The van der Waals surface area contributed by atoms with E-state index in [4.69, 9.17) is 16.6 Å². The molecule has 1 N–H and O–H groups in total. The summed E-state index contributed by atoms with van der Waals surface area (Å²) in [5, 5.41) is 5.27. The highest BCUT2D eigenvalue weighted by Gasteiger charge is 2.44. The first-order valence-corrected chi connectivity index (χ1v) is 11.8. The fourth-order valence-electron chi connectivity index (χ4n) is 4.58. The van der Waals surface area contributed by atoms with Crippen LogP contribution in [0, 0.1) is 0 Å². The zero-order valence-corrected chi connectivity index (χ0v) is 18.4. The average Bonchev–Trinajstić information content (AvgIpc) is 3.39. The van der Waals surface area contributed by atoms with Gasteiger partial charge in [-0.15, -0.1) is 0 Å². The summed E-state index contributed by atoms with van der Waals surface area (Å²) in [4.78, 5) is 8.19. The topological polar surface area (TPSA) is 41.3 Å². The summed E-state index contributed by atoms with van der Waals surface area (Å²) in [6.45, 7) is 0. The number of rotatable bonds is 5. The highest BCUT2D eigenvalue weighted by molar-refractivity contribution is 7.99. The third-order valence-corrected chi connectivity index (χ3v) is 7.22. The standard InChI is InChI=1S/C24H25N3OS2/c29-24-26-22(19-13-7-8-16-25-19)23(27(24)17-9-3-1-4-10-17)20-14-15-21(28-20)30-18-11-5-2-6-12-18/h2,5-8,11-17,22-23H,1,3-4,9-10H2,(H,26,29)/t22-,23-/m0/s1. The molecule has 0 amide bonds.